The van der Waals surface area contributed by atoms with Crippen LogP contribution in [-0.2, 0) is 0 Å². The SMILES string of the molecule is C=C(C)C/C(=N\O)c1ccc(OC)cc1. The molecule has 1 aromatic carbocycles. The Morgan fingerprint density at radius 3 is 2.40 bits per heavy atom. The molecule has 1 aromatic rings. The molecule has 0 atom stereocenters. The van der Waals surface area contributed by atoms with Crippen LogP contribution >= 0.6 is 0 Å². The van der Waals surface area contributed by atoms with Crippen molar-refractivity contribution < 1.29 is 9.94 Å². The second-order valence-electron chi connectivity index (χ2n) is 3.41. The predicted molar refractivity (Wildman–Crippen MR) is 60.7 cm³/mol. The Morgan fingerprint density at radius 2 is 2.00 bits per heavy atom. The van der Waals surface area contributed by atoms with E-state index in [2.05, 4.69) is 11.7 Å². The van der Waals surface area contributed by atoms with Crippen LogP contribution in [0.25, 0.3) is 0 Å². The third-order valence-corrected chi connectivity index (χ3v) is 2.01. The molecule has 0 bridgehead atoms. The lowest BCUT2D eigenvalue weighted by atomic mass is 10.0. The van der Waals surface area contributed by atoms with E-state index in [0.29, 0.717) is 12.1 Å². The first kappa shape index (κ1) is 11.3. The normalized spacial score (nSPS) is 11.2. The van der Waals surface area contributed by atoms with Gasteiger partial charge in [-0.15, -0.1) is 0 Å². The number of hydrogen-bond acceptors (Lipinski definition) is 3. The van der Waals surface area contributed by atoms with Gasteiger partial charge < -0.3 is 9.94 Å². The minimum atomic E-state index is 0.572. The van der Waals surface area contributed by atoms with Crippen LogP contribution in [0.3, 0.4) is 0 Å². The zero-order valence-corrected chi connectivity index (χ0v) is 9.03. The van der Waals surface area contributed by atoms with E-state index in [1.807, 2.05) is 31.2 Å². The highest BCUT2D eigenvalue weighted by Gasteiger charge is 2.04. The molecular formula is C12H15NO2. The molecule has 0 saturated carbocycles. The fraction of sp³-hybridized carbons (Fsp3) is 0.250. The van der Waals surface area contributed by atoms with Crippen LogP contribution in [0.1, 0.15) is 18.9 Å². The van der Waals surface area contributed by atoms with Gasteiger partial charge in [0, 0.05) is 6.42 Å². The van der Waals surface area contributed by atoms with Gasteiger partial charge in [0.15, 0.2) is 0 Å². The van der Waals surface area contributed by atoms with Gasteiger partial charge in [0.25, 0.3) is 0 Å². The molecule has 0 saturated heterocycles. The molecule has 0 spiro atoms. The van der Waals surface area contributed by atoms with Crippen molar-refractivity contribution in [2.24, 2.45) is 5.16 Å². The quantitative estimate of drug-likeness (QED) is 0.355. The Labute approximate surface area is 89.7 Å². The van der Waals surface area contributed by atoms with E-state index in [9.17, 15) is 0 Å². The summed E-state index contributed by atoms with van der Waals surface area (Å²) in [6, 6.07) is 7.38. The summed E-state index contributed by atoms with van der Waals surface area (Å²) in [5, 5.41) is 12.1. The Morgan fingerprint density at radius 1 is 1.40 bits per heavy atom. The molecule has 0 aliphatic heterocycles. The number of ether oxygens (including phenoxy) is 1. The second-order valence-corrected chi connectivity index (χ2v) is 3.41. The standard InChI is InChI=1S/C12H15NO2/c1-9(2)8-12(13-14)10-4-6-11(15-3)7-5-10/h4-7,14H,1,8H2,2-3H3/b13-12+. The monoisotopic (exact) mass is 205 g/mol. The molecule has 0 heterocycles. The van der Waals surface area contributed by atoms with Gasteiger partial charge in [-0.1, -0.05) is 17.3 Å². The number of nitrogens with zero attached hydrogens (tertiary/aromatic N) is 1. The van der Waals surface area contributed by atoms with Crippen LogP contribution < -0.4 is 4.74 Å². The Kier molecular flexibility index (Phi) is 3.92. The highest BCUT2D eigenvalue weighted by Crippen LogP contribution is 2.14. The van der Waals surface area contributed by atoms with Crippen LogP contribution in [0, 0.1) is 0 Å². The summed E-state index contributed by atoms with van der Waals surface area (Å²) in [4.78, 5) is 0. The molecule has 0 fully saturated rings. The first-order valence-electron chi connectivity index (χ1n) is 4.67. The Balaban J connectivity index is 2.89. The first-order chi connectivity index (χ1) is 7.17. The van der Waals surface area contributed by atoms with Crippen molar-refractivity contribution in [2.45, 2.75) is 13.3 Å². The van der Waals surface area contributed by atoms with E-state index in [4.69, 9.17) is 9.94 Å². The van der Waals surface area contributed by atoms with E-state index < -0.39 is 0 Å². The summed E-state index contributed by atoms with van der Waals surface area (Å²) in [5.74, 6) is 0.784. The van der Waals surface area contributed by atoms with Crippen molar-refractivity contribution in [3.05, 3.63) is 42.0 Å². The molecule has 1 rings (SSSR count). The van der Waals surface area contributed by atoms with Gasteiger partial charge in [-0.3, -0.25) is 0 Å². The van der Waals surface area contributed by atoms with E-state index >= 15 is 0 Å². The van der Waals surface area contributed by atoms with Crippen molar-refractivity contribution in [1.82, 2.24) is 0 Å². The Bertz CT molecular complexity index is 366. The maximum atomic E-state index is 8.87. The molecular weight excluding hydrogens is 190 g/mol. The molecule has 15 heavy (non-hydrogen) atoms. The highest BCUT2D eigenvalue weighted by atomic mass is 16.5. The van der Waals surface area contributed by atoms with Crippen LogP contribution in [0.15, 0.2) is 41.6 Å². The Hall–Kier alpha value is -1.77. The van der Waals surface area contributed by atoms with Gasteiger partial charge in [0.05, 0.1) is 12.8 Å². The van der Waals surface area contributed by atoms with Crippen molar-refractivity contribution in [3.8, 4) is 5.75 Å². The third kappa shape index (κ3) is 3.13. The first-order valence-corrected chi connectivity index (χ1v) is 4.67. The maximum Gasteiger partial charge on any atom is 0.118 e. The average molecular weight is 205 g/mol. The smallest absolute Gasteiger partial charge is 0.118 e. The van der Waals surface area contributed by atoms with E-state index in [-0.39, 0.29) is 0 Å². The molecule has 3 heteroatoms. The average Bonchev–Trinajstić information content (AvgIpc) is 2.26. The molecule has 0 aliphatic rings. The number of methoxy groups -OCH3 is 1. The molecule has 0 amide bonds. The van der Waals surface area contributed by atoms with E-state index in [1.165, 1.54) is 0 Å². The largest absolute Gasteiger partial charge is 0.497 e. The predicted octanol–water partition coefficient (Wildman–Crippen LogP) is 2.84. The number of allylic oxidation sites excluding steroid dienone is 1. The lowest BCUT2D eigenvalue weighted by Gasteiger charge is -2.05. The summed E-state index contributed by atoms with van der Waals surface area (Å²) >= 11 is 0. The summed E-state index contributed by atoms with van der Waals surface area (Å²) in [5.41, 5.74) is 2.45. The second kappa shape index (κ2) is 5.20. The van der Waals surface area contributed by atoms with Gasteiger partial charge in [-0.25, -0.2) is 0 Å². The van der Waals surface area contributed by atoms with Gasteiger partial charge in [0.2, 0.25) is 0 Å². The minimum Gasteiger partial charge on any atom is -0.497 e. The van der Waals surface area contributed by atoms with Crippen LogP contribution in [0.5, 0.6) is 5.75 Å². The van der Waals surface area contributed by atoms with E-state index in [1.54, 1.807) is 7.11 Å². The zero-order chi connectivity index (χ0) is 11.3. The van der Waals surface area contributed by atoms with Crippen LogP contribution in [-0.4, -0.2) is 18.0 Å². The van der Waals surface area contributed by atoms with Crippen LogP contribution in [0.2, 0.25) is 0 Å². The zero-order valence-electron chi connectivity index (χ0n) is 9.03. The molecule has 1 N–H and O–H groups in total. The molecule has 0 aliphatic carbocycles. The summed E-state index contributed by atoms with van der Waals surface area (Å²) < 4.78 is 5.04. The fourth-order valence-corrected chi connectivity index (χ4v) is 1.26. The fourth-order valence-electron chi connectivity index (χ4n) is 1.26. The number of oxime groups is 1. The topological polar surface area (TPSA) is 41.8 Å². The van der Waals surface area contributed by atoms with Crippen molar-refractivity contribution in [1.29, 1.82) is 0 Å². The summed E-state index contributed by atoms with van der Waals surface area (Å²) in [6.45, 7) is 5.68. The van der Waals surface area contributed by atoms with Crippen LogP contribution in [0.4, 0.5) is 0 Å². The molecule has 3 nitrogen and oxygen atoms in total. The summed E-state index contributed by atoms with van der Waals surface area (Å²) in [7, 11) is 1.62. The van der Waals surface area contributed by atoms with Crippen molar-refractivity contribution in [3.63, 3.8) is 0 Å². The molecule has 0 unspecified atom stereocenters. The number of rotatable bonds is 4. The number of benzene rings is 1. The van der Waals surface area contributed by atoms with Crippen molar-refractivity contribution in [2.75, 3.05) is 7.11 Å². The summed E-state index contributed by atoms with van der Waals surface area (Å²) in [6.07, 6.45) is 0.572. The molecule has 0 radical (unpaired) electrons. The highest BCUT2D eigenvalue weighted by molar-refractivity contribution is 6.01. The third-order valence-electron chi connectivity index (χ3n) is 2.01. The van der Waals surface area contributed by atoms with Gasteiger partial charge in [-0.05, 0) is 36.8 Å². The van der Waals surface area contributed by atoms with Crippen molar-refractivity contribution >= 4 is 5.71 Å². The van der Waals surface area contributed by atoms with E-state index in [0.717, 1.165) is 16.9 Å². The number of hydrogen-bond donors (Lipinski definition) is 1. The van der Waals surface area contributed by atoms with Gasteiger partial charge in [-0.2, -0.15) is 0 Å². The minimum absolute atomic E-state index is 0.572. The maximum absolute atomic E-state index is 8.87. The molecule has 0 aromatic heterocycles. The lowest BCUT2D eigenvalue weighted by Crippen LogP contribution is -2.01. The van der Waals surface area contributed by atoms with Gasteiger partial charge >= 0.3 is 0 Å². The van der Waals surface area contributed by atoms with Gasteiger partial charge in [0.1, 0.15) is 5.75 Å². The lowest BCUT2D eigenvalue weighted by molar-refractivity contribution is 0.318. The molecule has 80 valence electrons.